The van der Waals surface area contributed by atoms with Crippen molar-refractivity contribution in [2.24, 2.45) is 0 Å². The maximum atomic E-state index is 12.8. The highest BCUT2D eigenvalue weighted by atomic mass is 32.1. The van der Waals surface area contributed by atoms with E-state index in [2.05, 4.69) is 16.0 Å². The molecule has 1 saturated heterocycles. The summed E-state index contributed by atoms with van der Waals surface area (Å²) in [6, 6.07) is 12.0. The van der Waals surface area contributed by atoms with Crippen molar-refractivity contribution in [3.63, 3.8) is 0 Å². The van der Waals surface area contributed by atoms with E-state index in [9.17, 15) is 4.79 Å². The molecule has 0 unspecified atom stereocenters. The van der Waals surface area contributed by atoms with E-state index in [4.69, 9.17) is 4.74 Å². The summed E-state index contributed by atoms with van der Waals surface area (Å²) in [6.45, 7) is 2.94. The quantitative estimate of drug-likeness (QED) is 0.684. The Balaban J connectivity index is 1.42. The van der Waals surface area contributed by atoms with Crippen molar-refractivity contribution in [1.29, 1.82) is 0 Å². The molecule has 1 amide bonds. The summed E-state index contributed by atoms with van der Waals surface area (Å²) in [7, 11) is 1.69. The molecule has 7 heteroatoms. The van der Waals surface area contributed by atoms with E-state index in [-0.39, 0.29) is 5.91 Å². The molecular weight excluding hydrogens is 366 g/mol. The molecule has 3 heterocycles. The number of ether oxygens (including phenoxy) is 1. The number of piperazine rings is 1. The van der Waals surface area contributed by atoms with Crippen molar-refractivity contribution < 1.29 is 9.53 Å². The minimum Gasteiger partial charge on any atom is -0.495 e. The Hall–Kier alpha value is -2.38. The Morgan fingerprint density at radius 2 is 1.88 bits per heavy atom. The number of thiophene rings is 1. The number of amides is 1. The SMILES string of the molecule is COc1ccccc1N1CCN(C(=O)c2csc(-c3cccs3)n2)CC1. The Kier molecular flexibility index (Phi) is 4.90. The van der Waals surface area contributed by atoms with E-state index in [1.165, 1.54) is 11.3 Å². The van der Waals surface area contributed by atoms with Gasteiger partial charge in [0.2, 0.25) is 0 Å². The average Bonchev–Trinajstić information content (AvgIpc) is 3.39. The zero-order chi connectivity index (χ0) is 17.9. The molecule has 0 radical (unpaired) electrons. The lowest BCUT2D eigenvalue weighted by molar-refractivity contribution is 0.0741. The van der Waals surface area contributed by atoms with Crippen LogP contribution in [0.4, 0.5) is 5.69 Å². The third-order valence-electron chi connectivity index (χ3n) is 4.45. The summed E-state index contributed by atoms with van der Waals surface area (Å²) in [5, 5.41) is 4.80. The number of benzene rings is 1. The van der Waals surface area contributed by atoms with Crippen LogP contribution < -0.4 is 9.64 Å². The van der Waals surface area contributed by atoms with Gasteiger partial charge in [-0.05, 0) is 23.6 Å². The van der Waals surface area contributed by atoms with Gasteiger partial charge in [0.15, 0.2) is 0 Å². The number of hydrogen-bond donors (Lipinski definition) is 0. The predicted octanol–water partition coefficient (Wildman–Crippen LogP) is 3.84. The Bertz CT molecular complexity index is 884. The first-order valence-corrected chi connectivity index (χ1v) is 10.2. The van der Waals surface area contributed by atoms with E-state index >= 15 is 0 Å². The maximum Gasteiger partial charge on any atom is 0.273 e. The number of aromatic nitrogens is 1. The van der Waals surface area contributed by atoms with E-state index in [1.807, 2.05) is 46.0 Å². The van der Waals surface area contributed by atoms with E-state index in [1.54, 1.807) is 18.4 Å². The van der Waals surface area contributed by atoms with Crippen LogP contribution >= 0.6 is 22.7 Å². The number of carbonyl (C=O) groups is 1. The monoisotopic (exact) mass is 385 g/mol. The Labute approximate surface area is 160 Å². The van der Waals surface area contributed by atoms with Gasteiger partial charge in [-0.1, -0.05) is 18.2 Å². The van der Waals surface area contributed by atoms with Crippen LogP contribution in [0, 0.1) is 0 Å². The van der Waals surface area contributed by atoms with Gasteiger partial charge in [-0.3, -0.25) is 4.79 Å². The van der Waals surface area contributed by atoms with Gasteiger partial charge in [0.05, 0.1) is 17.7 Å². The first-order valence-electron chi connectivity index (χ1n) is 8.43. The normalized spacial score (nSPS) is 14.5. The zero-order valence-corrected chi connectivity index (χ0v) is 16.1. The molecule has 1 fully saturated rings. The van der Waals surface area contributed by atoms with Crippen LogP contribution in [0.15, 0.2) is 47.2 Å². The topological polar surface area (TPSA) is 45.7 Å². The lowest BCUT2D eigenvalue weighted by atomic mass is 10.2. The molecule has 0 spiro atoms. The molecule has 0 N–H and O–H groups in total. The van der Waals surface area contributed by atoms with Crippen LogP contribution in [0.2, 0.25) is 0 Å². The maximum absolute atomic E-state index is 12.8. The summed E-state index contributed by atoms with van der Waals surface area (Å²) >= 11 is 3.17. The van der Waals surface area contributed by atoms with Crippen LogP contribution in [0.3, 0.4) is 0 Å². The lowest BCUT2D eigenvalue weighted by Gasteiger charge is -2.36. The minimum atomic E-state index is 0.0173. The van der Waals surface area contributed by atoms with Crippen LogP contribution in [0.25, 0.3) is 9.88 Å². The van der Waals surface area contributed by atoms with Crippen molar-refractivity contribution in [2.75, 3.05) is 38.2 Å². The van der Waals surface area contributed by atoms with Gasteiger partial charge in [0, 0.05) is 31.6 Å². The second-order valence-electron chi connectivity index (χ2n) is 5.97. The highest BCUT2D eigenvalue weighted by Crippen LogP contribution is 2.30. The number of hydrogen-bond acceptors (Lipinski definition) is 6. The molecule has 4 rings (SSSR count). The average molecular weight is 386 g/mol. The number of rotatable bonds is 4. The summed E-state index contributed by atoms with van der Waals surface area (Å²) in [5.41, 5.74) is 1.62. The Morgan fingerprint density at radius 1 is 1.08 bits per heavy atom. The molecule has 134 valence electrons. The molecule has 1 aliphatic rings. The van der Waals surface area contributed by atoms with Gasteiger partial charge in [0.25, 0.3) is 5.91 Å². The molecule has 0 aliphatic carbocycles. The molecule has 2 aromatic heterocycles. The lowest BCUT2D eigenvalue weighted by Crippen LogP contribution is -2.49. The summed E-state index contributed by atoms with van der Waals surface area (Å²) < 4.78 is 5.45. The van der Waals surface area contributed by atoms with E-state index in [0.717, 1.165) is 34.4 Å². The van der Waals surface area contributed by atoms with Crippen LogP contribution in [-0.2, 0) is 0 Å². The summed E-state index contributed by atoms with van der Waals surface area (Å²) in [5.74, 6) is 0.885. The van der Waals surface area contributed by atoms with Gasteiger partial charge >= 0.3 is 0 Å². The molecule has 5 nitrogen and oxygen atoms in total. The third-order valence-corrected chi connectivity index (χ3v) is 6.33. The highest BCUT2D eigenvalue weighted by molar-refractivity contribution is 7.20. The smallest absolute Gasteiger partial charge is 0.273 e. The van der Waals surface area contributed by atoms with Gasteiger partial charge < -0.3 is 14.5 Å². The predicted molar refractivity (Wildman–Crippen MR) is 107 cm³/mol. The second-order valence-corrected chi connectivity index (χ2v) is 7.77. The van der Waals surface area contributed by atoms with Crippen LogP contribution in [0.1, 0.15) is 10.5 Å². The van der Waals surface area contributed by atoms with Gasteiger partial charge in [-0.2, -0.15) is 0 Å². The van der Waals surface area contributed by atoms with Crippen molar-refractivity contribution in [3.05, 3.63) is 52.9 Å². The van der Waals surface area contributed by atoms with Crippen LogP contribution in [0.5, 0.6) is 5.75 Å². The number of anilines is 1. The first kappa shape index (κ1) is 17.1. The molecule has 3 aromatic rings. The summed E-state index contributed by atoms with van der Waals surface area (Å²) in [6.07, 6.45) is 0. The fraction of sp³-hybridized carbons (Fsp3) is 0.263. The van der Waals surface area contributed by atoms with Crippen LogP contribution in [-0.4, -0.2) is 49.1 Å². The largest absolute Gasteiger partial charge is 0.495 e. The fourth-order valence-electron chi connectivity index (χ4n) is 3.09. The van der Waals surface area contributed by atoms with E-state index < -0.39 is 0 Å². The fourth-order valence-corrected chi connectivity index (χ4v) is 4.70. The molecule has 0 atom stereocenters. The molecule has 1 aromatic carbocycles. The number of para-hydroxylation sites is 2. The molecule has 0 bridgehead atoms. The van der Waals surface area contributed by atoms with Gasteiger partial charge in [-0.25, -0.2) is 4.98 Å². The molecule has 26 heavy (non-hydrogen) atoms. The number of carbonyl (C=O) groups excluding carboxylic acids is 1. The number of thiazole rings is 1. The summed E-state index contributed by atoms with van der Waals surface area (Å²) in [4.78, 5) is 22.6. The van der Waals surface area contributed by atoms with Crippen molar-refractivity contribution in [2.45, 2.75) is 0 Å². The molecule has 1 aliphatic heterocycles. The molecular formula is C19H19N3O2S2. The molecule has 0 saturated carbocycles. The van der Waals surface area contributed by atoms with Crippen molar-refractivity contribution >= 4 is 34.3 Å². The first-order chi connectivity index (χ1) is 12.8. The van der Waals surface area contributed by atoms with Gasteiger partial charge in [-0.15, -0.1) is 22.7 Å². The van der Waals surface area contributed by atoms with Crippen molar-refractivity contribution in [3.8, 4) is 15.6 Å². The number of methoxy groups -OCH3 is 1. The number of nitrogens with zero attached hydrogens (tertiary/aromatic N) is 3. The van der Waals surface area contributed by atoms with Gasteiger partial charge in [0.1, 0.15) is 16.5 Å². The Morgan fingerprint density at radius 3 is 2.62 bits per heavy atom. The third kappa shape index (κ3) is 3.32. The highest BCUT2D eigenvalue weighted by Gasteiger charge is 2.25. The van der Waals surface area contributed by atoms with Crippen molar-refractivity contribution in [1.82, 2.24) is 9.88 Å². The van der Waals surface area contributed by atoms with E-state index in [0.29, 0.717) is 18.8 Å². The minimum absolute atomic E-state index is 0.0173. The zero-order valence-electron chi connectivity index (χ0n) is 14.4. The standard InChI is InChI=1S/C19H19N3O2S2/c1-24-16-6-3-2-5-15(16)21-8-10-22(11-9-21)19(23)14-13-26-18(20-14)17-7-4-12-25-17/h2-7,12-13H,8-11H2,1H3. The second kappa shape index (κ2) is 7.47.